The van der Waals surface area contributed by atoms with Gasteiger partial charge in [-0.15, -0.1) is 4.91 Å². The average molecular weight is 112 g/mol. The first-order chi connectivity index (χ1) is 3.83. The smallest absolute Gasteiger partial charge is 0.190 e. The van der Waals surface area contributed by atoms with Crippen LogP contribution in [-0.4, -0.2) is 10.1 Å². The second-order valence-corrected chi connectivity index (χ2v) is 1.32. The van der Waals surface area contributed by atoms with E-state index >= 15 is 0 Å². The number of hydrogen-bond donors (Lipinski definition) is 2. The Kier molecular flexibility index (Phi) is 0.997. The number of nitrogens with one attached hydrogen (secondary N) is 1. The van der Waals surface area contributed by atoms with Crippen molar-refractivity contribution >= 4 is 5.82 Å². The van der Waals surface area contributed by atoms with Crippen LogP contribution in [0.25, 0.3) is 0 Å². The van der Waals surface area contributed by atoms with E-state index in [2.05, 4.69) is 10.2 Å². The molecule has 1 aromatic heterocycles. The molecule has 8 heavy (non-hydrogen) atoms. The van der Waals surface area contributed by atoms with E-state index in [9.17, 15) is 4.91 Å². The molecule has 4 heteroatoms. The minimum Gasteiger partial charge on any atom is -0.495 e. The highest BCUT2D eigenvalue weighted by Crippen LogP contribution is 2.13. The van der Waals surface area contributed by atoms with Crippen LogP contribution in [0.2, 0.25) is 0 Å². The molecule has 0 atom stereocenters. The van der Waals surface area contributed by atoms with Gasteiger partial charge in [0.2, 0.25) is 0 Å². The fraction of sp³-hybridized carbons (Fsp3) is 0. The number of aromatic hydroxyl groups is 1. The van der Waals surface area contributed by atoms with Crippen LogP contribution in [-0.2, 0) is 0 Å². The summed E-state index contributed by atoms with van der Waals surface area (Å²) in [5.74, 6) is 0.0992. The molecule has 1 rings (SSSR count). The van der Waals surface area contributed by atoms with Gasteiger partial charge in [-0.05, 0) is 11.2 Å². The highest BCUT2D eigenvalue weighted by molar-refractivity contribution is 5.32. The first kappa shape index (κ1) is 4.83. The van der Waals surface area contributed by atoms with Crippen LogP contribution in [0.1, 0.15) is 0 Å². The Balaban J connectivity index is 3.00. The average Bonchev–Trinajstić information content (AvgIpc) is 2.14. The van der Waals surface area contributed by atoms with Crippen LogP contribution in [0.5, 0.6) is 5.88 Å². The van der Waals surface area contributed by atoms with Crippen molar-refractivity contribution in [1.29, 1.82) is 0 Å². The number of hydrogen-bond acceptors (Lipinski definition) is 3. The topological polar surface area (TPSA) is 65.4 Å². The second kappa shape index (κ2) is 1.65. The predicted molar refractivity (Wildman–Crippen MR) is 27.9 cm³/mol. The zero-order valence-corrected chi connectivity index (χ0v) is 3.96. The summed E-state index contributed by atoms with van der Waals surface area (Å²) in [6.07, 6.45) is 0. The monoisotopic (exact) mass is 112 g/mol. The third-order valence-electron chi connectivity index (χ3n) is 0.754. The van der Waals surface area contributed by atoms with Crippen molar-refractivity contribution in [3.63, 3.8) is 0 Å². The number of nitroso groups, excluding NO2 is 1. The molecule has 0 aliphatic heterocycles. The Bertz CT molecular complexity index is 194. The largest absolute Gasteiger partial charge is 0.495 e. The van der Waals surface area contributed by atoms with Crippen molar-refractivity contribution in [3.8, 4) is 5.88 Å². The van der Waals surface area contributed by atoms with Gasteiger partial charge in [-0.25, -0.2) is 0 Å². The van der Waals surface area contributed by atoms with E-state index in [1.807, 2.05) is 0 Å². The van der Waals surface area contributed by atoms with E-state index in [4.69, 9.17) is 5.11 Å². The molecule has 0 bridgehead atoms. The number of aromatic nitrogens is 1. The van der Waals surface area contributed by atoms with Crippen LogP contribution < -0.4 is 0 Å². The molecular formula is C4H4N2O2. The Hall–Kier alpha value is -1.32. The van der Waals surface area contributed by atoms with E-state index in [1.165, 1.54) is 12.1 Å². The van der Waals surface area contributed by atoms with Crippen LogP contribution in [0.4, 0.5) is 5.82 Å². The van der Waals surface area contributed by atoms with Gasteiger partial charge >= 0.3 is 0 Å². The van der Waals surface area contributed by atoms with E-state index in [1.54, 1.807) is 0 Å². The van der Waals surface area contributed by atoms with E-state index in [-0.39, 0.29) is 11.7 Å². The number of aromatic amines is 1. The van der Waals surface area contributed by atoms with E-state index in [0.717, 1.165) is 0 Å². The lowest BCUT2D eigenvalue weighted by molar-refractivity contribution is 0.457. The molecule has 0 saturated carbocycles. The number of H-pyrrole nitrogens is 1. The van der Waals surface area contributed by atoms with Crippen LogP contribution >= 0.6 is 0 Å². The SMILES string of the molecule is O=Nc1ccc(O)[nH]1. The quantitative estimate of drug-likeness (QED) is 0.534. The Morgan fingerprint density at radius 2 is 2.38 bits per heavy atom. The maximum atomic E-state index is 9.63. The maximum absolute atomic E-state index is 9.63. The molecule has 2 N–H and O–H groups in total. The summed E-state index contributed by atoms with van der Waals surface area (Å²) < 4.78 is 0. The van der Waals surface area contributed by atoms with E-state index < -0.39 is 0 Å². The molecule has 0 aliphatic carbocycles. The lowest BCUT2D eigenvalue weighted by atomic mass is 10.6. The molecule has 0 fully saturated rings. The molecule has 4 nitrogen and oxygen atoms in total. The number of rotatable bonds is 1. The van der Waals surface area contributed by atoms with Crippen molar-refractivity contribution in [3.05, 3.63) is 17.0 Å². The molecule has 1 heterocycles. The highest BCUT2D eigenvalue weighted by Gasteiger charge is 1.91. The fourth-order valence-corrected chi connectivity index (χ4v) is 0.426. The molecule has 0 saturated heterocycles. The van der Waals surface area contributed by atoms with Gasteiger partial charge in [0.1, 0.15) is 0 Å². The lowest BCUT2D eigenvalue weighted by Crippen LogP contribution is -1.57. The lowest BCUT2D eigenvalue weighted by Gasteiger charge is -1.75. The van der Waals surface area contributed by atoms with Crippen molar-refractivity contribution in [2.24, 2.45) is 5.18 Å². The van der Waals surface area contributed by atoms with Crippen molar-refractivity contribution in [1.82, 2.24) is 4.98 Å². The summed E-state index contributed by atoms with van der Waals surface area (Å²) in [5, 5.41) is 11.1. The Labute approximate surface area is 45.1 Å². The summed E-state index contributed by atoms with van der Waals surface area (Å²) in [6.45, 7) is 0. The Morgan fingerprint density at radius 3 is 2.62 bits per heavy atom. The van der Waals surface area contributed by atoms with Crippen molar-refractivity contribution in [2.45, 2.75) is 0 Å². The van der Waals surface area contributed by atoms with Crippen LogP contribution in [0.3, 0.4) is 0 Å². The molecule has 0 aromatic carbocycles. The molecule has 1 aromatic rings. The molecule has 0 unspecified atom stereocenters. The highest BCUT2D eigenvalue weighted by atomic mass is 16.3. The van der Waals surface area contributed by atoms with Crippen molar-refractivity contribution in [2.75, 3.05) is 0 Å². The van der Waals surface area contributed by atoms with Gasteiger partial charge in [0.15, 0.2) is 11.7 Å². The minimum atomic E-state index is -0.0420. The molecule has 0 spiro atoms. The summed E-state index contributed by atoms with van der Waals surface area (Å²) in [6, 6.07) is 2.75. The molecule has 0 amide bonds. The summed E-state index contributed by atoms with van der Waals surface area (Å²) in [4.78, 5) is 11.9. The summed E-state index contributed by atoms with van der Waals surface area (Å²) in [7, 11) is 0. The Morgan fingerprint density at radius 1 is 1.62 bits per heavy atom. The molecule has 0 radical (unpaired) electrons. The van der Waals surface area contributed by atoms with Gasteiger partial charge in [-0.3, -0.25) is 0 Å². The standard InChI is InChI=1S/C4H4N2O2/c7-4-2-1-3(5-4)6-8/h1-2,5,7H. The first-order valence-corrected chi connectivity index (χ1v) is 2.04. The third-order valence-corrected chi connectivity index (χ3v) is 0.754. The van der Waals surface area contributed by atoms with Gasteiger partial charge in [-0.1, -0.05) is 0 Å². The predicted octanol–water partition coefficient (Wildman–Crippen LogP) is 1.12. The van der Waals surface area contributed by atoms with Gasteiger partial charge in [0, 0.05) is 6.07 Å². The van der Waals surface area contributed by atoms with Crippen molar-refractivity contribution < 1.29 is 5.11 Å². The first-order valence-electron chi connectivity index (χ1n) is 2.04. The van der Waals surface area contributed by atoms with Gasteiger partial charge in [0.25, 0.3) is 0 Å². The van der Waals surface area contributed by atoms with Gasteiger partial charge in [-0.2, -0.15) is 0 Å². The van der Waals surface area contributed by atoms with Crippen LogP contribution in [0.15, 0.2) is 17.3 Å². The van der Waals surface area contributed by atoms with Gasteiger partial charge < -0.3 is 10.1 Å². The molecule has 42 valence electrons. The summed E-state index contributed by atoms with van der Waals surface area (Å²) >= 11 is 0. The zero-order chi connectivity index (χ0) is 5.98. The maximum Gasteiger partial charge on any atom is 0.190 e. The zero-order valence-electron chi connectivity index (χ0n) is 3.96. The van der Waals surface area contributed by atoms with Crippen LogP contribution in [0, 0.1) is 4.91 Å². The molecule has 0 aliphatic rings. The second-order valence-electron chi connectivity index (χ2n) is 1.32. The fourth-order valence-electron chi connectivity index (χ4n) is 0.426. The summed E-state index contributed by atoms with van der Waals surface area (Å²) in [5.41, 5.74) is 0. The number of nitrogens with zero attached hydrogens (tertiary/aromatic N) is 1. The normalized spacial score (nSPS) is 9.00. The minimum absolute atomic E-state index is 0.0420. The van der Waals surface area contributed by atoms with E-state index in [0.29, 0.717) is 0 Å². The third kappa shape index (κ3) is 0.676. The molecular weight excluding hydrogens is 108 g/mol. The van der Waals surface area contributed by atoms with Gasteiger partial charge in [0.05, 0.1) is 0 Å².